The van der Waals surface area contributed by atoms with E-state index in [0.717, 1.165) is 0 Å². The van der Waals surface area contributed by atoms with E-state index in [9.17, 15) is 4.79 Å². The Bertz CT molecular complexity index is 572. The van der Waals surface area contributed by atoms with Gasteiger partial charge in [0.05, 0.1) is 19.8 Å². The van der Waals surface area contributed by atoms with Crippen molar-refractivity contribution < 1.29 is 13.9 Å². The Morgan fingerprint density at radius 2 is 1.88 bits per heavy atom. The van der Waals surface area contributed by atoms with Crippen molar-refractivity contribution in [1.29, 1.82) is 0 Å². The standard InChI is InChI=1S/C13H12O4/c1-15-9-6-7-11(16-2)10(8-9)12-4-3-5-13(14)17-12/h3-8H,1-2H3. The maximum atomic E-state index is 11.2. The zero-order chi connectivity index (χ0) is 12.3. The highest BCUT2D eigenvalue weighted by molar-refractivity contribution is 5.67. The van der Waals surface area contributed by atoms with Crippen LogP contribution in [0.15, 0.2) is 45.6 Å². The monoisotopic (exact) mass is 232 g/mol. The van der Waals surface area contributed by atoms with Crippen LogP contribution in [0.2, 0.25) is 0 Å². The van der Waals surface area contributed by atoms with Crippen molar-refractivity contribution in [3.8, 4) is 22.8 Å². The molecule has 1 heterocycles. The summed E-state index contributed by atoms with van der Waals surface area (Å²) in [6.45, 7) is 0. The molecule has 0 fully saturated rings. The molecule has 4 nitrogen and oxygen atoms in total. The minimum absolute atomic E-state index is 0.396. The quantitative estimate of drug-likeness (QED) is 0.814. The van der Waals surface area contributed by atoms with E-state index in [2.05, 4.69) is 0 Å². The summed E-state index contributed by atoms with van der Waals surface area (Å²) in [5, 5.41) is 0. The summed E-state index contributed by atoms with van der Waals surface area (Å²) in [5.41, 5.74) is 0.289. The third-order valence-corrected chi connectivity index (χ3v) is 2.36. The van der Waals surface area contributed by atoms with Crippen molar-refractivity contribution in [1.82, 2.24) is 0 Å². The lowest BCUT2D eigenvalue weighted by atomic mass is 10.1. The van der Waals surface area contributed by atoms with Gasteiger partial charge in [-0.3, -0.25) is 0 Å². The minimum atomic E-state index is -0.396. The van der Waals surface area contributed by atoms with E-state index < -0.39 is 5.63 Å². The molecule has 1 aromatic heterocycles. The Balaban J connectivity index is 2.59. The van der Waals surface area contributed by atoms with E-state index in [1.807, 2.05) is 0 Å². The predicted octanol–water partition coefficient (Wildman–Crippen LogP) is 2.32. The summed E-state index contributed by atoms with van der Waals surface area (Å²) in [4.78, 5) is 11.2. The van der Waals surface area contributed by atoms with Crippen LogP contribution in [0.3, 0.4) is 0 Å². The highest BCUT2D eigenvalue weighted by atomic mass is 16.5. The molecule has 4 heteroatoms. The van der Waals surface area contributed by atoms with E-state index in [-0.39, 0.29) is 0 Å². The van der Waals surface area contributed by atoms with E-state index >= 15 is 0 Å². The van der Waals surface area contributed by atoms with Gasteiger partial charge in [0.1, 0.15) is 17.3 Å². The maximum Gasteiger partial charge on any atom is 0.336 e. The molecule has 0 aliphatic rings. The van der Waals surface area contributed by atoms with Crippen LogP contribution in [0, 0.1) is 0 Å². The lowest BCUT2D eigenvalue weighted by molar-refractivity contribution is 0.402. The van der Waals surface area contributed by atoms with Gasteiger partial charge in [-0.25, -0.2) is 4.79 Å². The SMILES string of the molecule is COc1ccc(OC)c(-c2cccc(=O)o2)c1. The molecule has 0 saturated carbocycles. The van der Waals surface area contributed by atoms with Crippen molar-refractivity contribution in [2.24, 2.45) is 0 Å². The second kappa shape index (κ2) is 4.74. The molecule has 1 aromatic carbocycles. The number of hydrogen-bond donors (Lipinski definition) is 0. The first-order chi connectivity index (χ1) is 8.24. The van der Waals surface area contributed by atoms with Crippen LogP contribution in [-0.4, -0.2) is 14.2 Å². The molecule has 0 aliphatic heterocycles. The van der Waals surface area contributed by atoms with Crippen molar-refractivity contribution in [2.75, 3.05) is 14.2 Å². The minimum Gasteiger partial charge on any atom is -0.497 e. The van der Waals surface area contributed by atoms with Crippen LogP contribution in [0.5, 0.6) is 11.5 Å². The largest absolute Gasteiger partial charge is 0.497 e. The fourth-order valence-electron chi connectivity index (χ4n) is 1.54. The number of methoxy groups -OCH3 is 2. The summed E-state index contributed by atoms with van der Waals surface area (Å²) in [7, 11) is 3.14. The number of rotatable bonds is 3. The molecular weight excluding hydrogens is 220 g/mol. The molecule has 2 aromatic rings. The molecule has 0 saturated heterocycles. The Kier molecular flexibility index (Phi) is 3.14. The number of hydrogen-bond acceptors (Lipinski definition) is 4. The normalized spacial score (nSPS) is 10.0. The lowest BCUT2D eigenvalue weighted by Gasteiger charge is -2.09. The summed E-state index contributed by atoms with van der Waals surface area (Å²) >= 11 is 0. The van der Waals surface area contributed by atoms with Gasteiger partial charge < -0.3 is 13.9 Å². The van der Waals surface area contributed by atoms with Gasteiger partial charge in [-0.2, -0.15) is 0 Å². The number of benzene rings is 1. The van der Waals surface area contributed by atoms with E-state index in [0.29, 0.717) is 22.8 Å². The Labute approximate surface area is 98.4 Å². The molecule has 0 spiro atoms. The summed E-state index contributed by atoms with van der Waals surface area (Å²) in [6, 6.07) is 10.0. The average molecular weight is 232 g/mol. The molecule has 0 atom stereocenters. The fraction of sp³-hybridized carbons (Fsp3) is 0.154. The van der Waals surface area contributed by atoms with Gasteiger partial charge in [0.2, 0.25) is 0 Å². The average Bonchev–Trinajstić information content (AvgIpc) is 2.38. The predicted molar refractivity (Wildman–Crippen MR) is 63.5 cm³/mol. The molecule has 17 heavy (non-hydrogen) atoms. The Morgan fingerprint density at radius 3 is 2.53 bits per heavy atom. The molecule has 0 amide bonds. The van der Waals surface area contributed by atoms with E-state index in [1.54, 1.807) is 44.6 Å². The van der Waals surface area contributed by atoms with E-state index in [1.165, 1.54) is 6.07 Å². The molecule has 0 aliphatic carbocycles. The summed E-state index contributed by atoms with van der Waals surface area (Å²) < 4.78 is 15.5. The molecule has 0 N–H and O–H groups in total. The van der Waals surface area contributed by atoms with Crippen LogP contribution in [0.25, 0.3) is 11.3 Å². The second-order valence-corrected chi connectivity index (χ2v) is 3.38. The first kappa shape index (κ1) is 11.3. The third kappa shape index (κ3) is 2.30. The van der Waals surface area contributed by atoms with Gasteiger partial charge in [0.15, 0.2) is 0 Å². The van der Waals surface area contributed by atoms with E-state index in [4.69, 9.17) is 13.9 Å². The van der Waals surface area contributed by atoms with Crippen LogP contribution in [0.1, 0.15) is 0 Å². The van der Waals surface area contributed by atoms with Gasteiger partial charge >= 0.3 is 5.63 Å². The van der Waals surface area contributed by atoms with Crippen LogP contribution in [0.4, 0.5) is 0 Å². The van der Waals surface area contributed by atoms with Crippen molar-refractivity contribution in [3.63, 3.8) is 0 Å². The first-order valence-corrected chi connectivity index (χ1v) is 5.07. The van der Waals surface area contributed by atoms with Crippen LogP contribution >= 0.6 is 0 Å². The Morgan fingerprint density at radius 1 is 1.06 bits per heavy atom. The third-order valence-electron chi connectivity index (χ3n) is 2.36. The van der Waals surface area contributed by atoms with Crippen LogP contribution < -0.4 is 15.1 Å². The van der Waals surface area contributed by atoms with Gasteiger partial charge in [-0.15, -0.1) is 0 Å². The highest BCUT2D eigenvalue weighted by Crippen LogP contribution is 2.32. The number of ether oxygens (including phenoxy) is 2. The summed E-state index contributed by atoms with van der Waals surface area (Å²) in [5.74, 6) is 1.75. The van der Waals surface area contributed by atoms with Gasteiger partial charge in [0.25, 0.3) is 0 Å². The molecule has 2 rings (SSSR count). The van der Waals surface area contributed by atoms with Gasteiger partial charge in [-0.1, -0.05) is 6.07 Å². The van der Waals surface area contributed by atoms with Gasteiger partial charge in [-0.05, 0) is 24.3 Å². The fourth-order valence-corrected chi connectivity index (χ4v) is 1.54. The molecule has 0 unspecified atom stereocenters. The molecule has 88 valence electrons. The zero-order valence-corrected chi connectivity index (χ0v) is 9.60. The topological polar surface area (TPSA) is 48.7 Å². The van der Waals surface area contributed by atoms with Crippen molar-refractivity contribution in [3.05, 3.63) is 46.8 Å². The lowest BCUT2D eigenvalue weighted by Crippen LogP contribution is -1.97. The summed E-state index contributed by atoms with van der Waals surface area (Å²) in [6.07, 6.45) is 0. The molecule has 0 bridgehead atoms. The maximum absolute atomic E-state index is 11.2. The second-order valence-electron chi connectivity index (χ2n) is 3.38. The zero-order valence-electron chi connectivity index (χ0n) is 9.60. The highest BCUT2D eigenvalue weighted by Gasteiger charge is 2.09. The Hall–Kier alpha value is -2.23. The molecular formula is C13H12O4. The van der Waals surface area contributed by atoms with Crippen molar-refractivity contribution in [2.45, 2.75) is 0 Å². The first-order valence-electron chi connectivity index (χ1n) is 5.07. The molecule has 0 radical (unpaired) electrons. The van der Waals surface area contributed by atoms with Crippen molar-refractivity contribution >= 4 is 0 Å². The van der Waals surface area contributed by atoms with Gasteiger partial charge in [0, 0.05) is 6.07 Å². The smallest absolute Gasteiger partial charge is 0.336 e. The van der Waals surface area contributed by atoms with Crippen LogP contribution in [-0.2, 0) is 0 Å².